The highest BCUT2D eigenvalue weighted by Gasteiger charge is 2.43. The van der Waals surface area contributed by atoms with Crippen molar-refractivity contribution in [3.05, 3.63) is 29.8 Å². The Kier molecular flexibility index (Phi) is 6.87. The second kappa shape index (κ2) is 8.70. The fraction of sp³-hybridized carbons (Fsp3) is 0.556. The number of hydrogen-bond donors (Lipinski definition) is 0. The fourth-order valence-corrected chi connectivity index (χ4v) is 3.40. The molecule has 1 saturated carbocycles. The molecule has 0 bridgehead atoms. The van der Waals surface area contributed by atoms with Gasteiger partial charge in [0.1, 0.15) is 0 Å². The number of rotatable bonds is 6. The summed E-state index contributed by atoms with van der Waals surface area (Å²) in [6.07, 6.45) is 1.01. The lowest BCUT2D eigenvalue weighted by atomic mass is 9.87. The van der Waals surface area contributed by atoms with Crippen LogP contribution in [0.5, 0.6) is 0 Å². The molecule has 25 heavy (non-hydrogen) atoms. The van der Waals surface area contributed by atoms with Crippen molar-refractivity contribution >= 4 is 28.4 Å². The molecule has 0 unspecified atom stereocenters. The molecule has 1 aromatic rings. The van der Waals surface area contributed by atoms with Crippen LogP contribution in [-0.2, 0) is 16.0 Å². The van der Waals surface area contributed by atoms with Gasteiger partial charge in [0, 0.05) is 18.7 Å². The Morgan fingerprint density at radius 1 is 1.08 bits per heavy atom. The Bertz CT molecular complexity index is 595. The Labute approximate surface area is 150 Å². The summed E-state index contributed by atoms with van der Waals surface area (Å²) in [6.45, 7) is 0.0385. The first-order valence-electron chi connectivity index (χ1n) is 8.43. The smallest absolute Gasteiger partial charge is 0.305 e. The second-order valence-electron chi connectivity index (χ2n) is 6.45. The minimum Gasteiger partial charge on any atom is -0.305 e. The fourth-order valence-electron chi connectivity index (χ4n) is 3.24. The van der Waals surface area contributed by atoms with Gasteiger partial charge in [-0.25, -0.2) is 0 Å². The highest BCUT2D eigenvalue weighted by molar-refractivity contribution is 6.63. The molecule has 1 fully saturated rings. The zero-order valence-electron chi connectivity index (χ0n) is 13.8. The van der Waals surface area contributed by atoms with Crippen LogP contribution < -0.4 is 4.90 Å². The number of anilines is 1. The molecule has 1 aliphatic carbocycles. The number of carbonyl (C=O) groups is 2. The first-order chi connectivity index (χ1) is 11.8. The predicted octanol–water partition coefficient (Wildman–Crippen LogP) is 4.86. The molecule has 1 aliphatic rings. The van der Waals surface area contributed by atoms with Crippen molar-refractivity contribution in [3.8, 4) is 0 Å². The Balaban J connectivity index is 2.12. The zero-order chi connectivity index (χ0) is 18.4. The van der Waals surface area contributed by atoms with E-state index in [9.17, 15) is 22.8 Å². The summed E-state index contributed by atoms with van der Waals surface area (Å²) in [5, 5.41) is -0.548. The van der Waals surface area contributed by atoms with E-state index in [0.717, 1.165) is 30.6 Å². The molecular weight excluding hydrogens is 355 g/mol. The van der Waals surface area contributed by atoms with Crippen LogP contribution in [0.4, 0.5) is 18.9 Å². The van der Waals surface area contributed by atoms with E-state index in [2.05, 4.69) is 0 Å². The van der Waals surface area contributed by atoms with Crippen molar-refractivity contribution in [2.75, 3.05) is 11.4 Å². The number of nitrogens with zero attached hydrogens (tertiary/aromatic N) is 1. The number of carbonyl (C=O) groups excluding carboxylic acids is 2. The summed E-state index contributed by atoms with van der Waals surface area (Å²) in [6, 6.07) is 5.90. The molecule has 0 radical (unpaired) electrons. The second-order valence-corrected chi connectivity index (χ2v) is 6.87. The maximum Gasteiger partial charge on any atom is 0.471 e. The maximum atomic E-state index is 12.9. The van der Waals surface area contributed by atoms with E-state index in [4.69, 9.17) is 11.6 Å². The van der Waals surface area contributed by atoms with Crippen molar-refractivity contribution in [1.29, 1.82) is 0 Å². The summed E-state index contributed by atoms with van der Waals surface area (Å²) in [7, 11) is 0. The minimum absolute atomic E-state index is 0.00285. The average molecular weight is 376 g/mol. The van der Waals surface area contributed by atoms with Gasteiger partial charge in [0.25, 0.3) is 0 Å². The third-order valence-corrected chi connectivity index (χ3v) is 4.70. The number of hydrogen-bond acceptors (Lipinski definition) is 2. The van der Waals surface area contributed by atoms with Crippen LogP contribution in [0.15, 0.2) is 24.3 Å². The van der Waals surface area contributed by atoms with E-state index in [1.807, 2.05) is 0 Å². The Hall–Kier alpha value is -1.56. The molecule has 1 amide bonds. The van der Waals surface area contributed by atoms with Crippen LogP contribution in [0.1, 0.15) is 44.1 Å². The van der Waals surface area contributed by atoms with E-state index in [0.29, 0.717) is 17.9 Å². The van der Waals surface area contributed by atoms with Gasteiger partial charge >= 0.3 is 12.1 Å². The predicted molar refractivity (Wildman–Crippen MR) is 90.6 cm³/mol. The lowest BCUT2D eigenvalue weighted by Gasteiger charge is -2.28. The van der Waals surface area contributed by atoms with Gasteiger partial charge in [0.05, 0.1) is 0 Å². The molecule has 0 aromatic heterocycles. The van der Waals surface area contributed by atoms with Gasteiger partial charge in [-0.2, -0.15) is 13.2 Å². The molecule has 3 nitrogen and oxygen atoms in total. The summed E-state index contributed by atoms with van der Waals surface area (Å²) >= 11 is 5.31. The molecule has 0 heterocycles. The summed E-state index contributed by atoms with van der Waals surface area (Å²) in [4.78, 5) is 23.5. The van der Waals surface area contributed by atoms with Crippen LogP contribution in [0.2, 0.25) is 0 Å². The molecular formula is C18H21ClF3NO2. The number of halogens is 4. The molecule has 138 valence electrons. The van der Waals surface area contributed by atoms with E-state index >= 15 is 0 Å². The van der Waals surface area contributed by atoms with Crippen molar-refractivity contribution in [2.24, 2.45) is 5.92 Å². The first-order valence-corrected chi connectivity index (χ1v) is 8.81. The number of alkyl halides is 3. The van der Waals surface area contributed by atoms with Crippen LogP contribution in [-0.4, -0.2) is 23.9 Å². The van der Waals surface area contributed by atoms with Gasteiger partial charge < -0.3 is 4.90 Å². The SMILES string of the molecule is O=C(Cl)Cc1ccc(N(CCC2CCCCC2)C(=O)C(F)(F)F)cc1. The molecule has 0 atom stereocenters. The highest BCUT2D eigenvalue weighted by atomic mass is 35.5. The highest BCUT2D eigenvalue weighted by Crippen LogP contribution is 2.29. The van der Waals surface area contributed by atoms with Crippen molar-refractivity contribution in [3.63, 3.8) is 0 Å². The lowest BCUT2D eigenvalue weighted by Crippen LogP contribution is -2.42. The molecule has 2 rings (SSSR count). The molecule has 0 aliphatic heterocycles. The van der Waals surface area contributed by atoms with Gasteiger partial charge in [0.15, 0.2) is 0 Å². The normalized spacial score (nSPS) is 15.8. The largest absolute Gasteiger partial charge is 0.471 e. The maximum absolute atomic E-state index is 12.9. The molecule has 0 N–H and O–H groups in total. The van der Waals surface area contributed by atoms with Gasteiger partial charge in [-0.15, -0.1) is 0 Å². The van der Waals surface area contributed by atoms with Gasteiger partial charge in [0.2, 0.25) is 5.24 Å². The third kappa shape index (κ3) is 6.03. The summed E-state index contributed by atoms with van der Waals surface area (Å²) in [5.41, 5.74) is 0.777. The minimum atomic E-state index is -4.92. The average Bonchev–Trinajstić information content (AvgIpc) is 2.56. The quantitative estimate of drug-likeness (QED) is 0.666. The standard InChI is InChI=1S/C18H21ClF3NO2/c19-16(24)12-14-6-8-15(9-7-14)23(17(25)18(20,21)22)11-10-13-4-2-1-3-5-13/h6-9,13H,1-5,10-12H2. The van der Waals surface area contributed by atoms with Gasteiger partial charge in [-0.3, -0.25) is 9.59 Å². The monoisotopic (exact) mass is 375 g/mol. The molecule has 0 spiro atoms. The number of amides is 1. The lowest BCUT2D eigenvalue weighted by molar-refractivity contribution is -0.170. The van der Waals surface area contributed by atoms with Crippen molar-refractivity contribution in [1.82, 2.24) is 0 Å². The van der Waals surface area contributed by atoms with Crippen LogP contribution in [0, 0.1) is 5.92 Å². The Morgan fingerprint density at radius 3 is 2.20 bits per heavy atom. The number of benzene rings is 1. The van der Waals surface area contributed by atoms with Crippen molar-refractivity contribution < 1.29 is 22.8 Å². The van der Waals surface area contributed by atoms with E-state index in [1.165, 1.54) is 30.7 Å². The van der Waals surface area contributed by atoms with Crippen LogP contribution >= 0.6 is 11.6 Å². The Morgan fingerprint density at radius 2 is 1.68 bits per heavy atom. The van der Waals surface area contributed by atoms with Crippen LogP contribution in [0.25, 0.3) is 0 Å². The first kappa shape index (κ1) is 19.8. The molecule has 7 heteroatoms. The van der Waals surface area contributed by atoms with E-state index in [-0.39, 0.29) is 18.7 Å². The third-order valence-electron chi connectivity index (χ3n) is 4.56. The van der Waals surface area contributed by atoms with E-state index < -0.39 is 17.3 Å². The summed E-state index contributed by atoms with van der Waals surface area (Å²) in [5.74, 6) is -1.49. The molecule has 0 saturated heterocycles. The van der Waals surface area contributed by atoms with Gasteiger partial charge in [-0.1, -0.05) is 44.2 Å². The van der Waals surface area contributed by atoms with Crippen molar-refractivity contribution in [2.45, 2.75) is 51.1 Å². The van der Waals surface area contributed by atoms with E-state index in [1.54, 1.807) is 0 Å². The summed E-state index contributed by atoms with van der Waals surface area (Å²) < 4.78 is 38.8. The molecule has 1 aromatic carbocycles. The zero-order valence-corrected chi connectivity index (χ0v) is 14.6. The van der Waals surface area contributed by atoms with Crippen LogP contribution in [0.3, 0.4) is 0 Å². The van der Waals surface area contributed by atoms with Gasteiger partial charge in [-0.05, 0) is 41.6 Å². The topological polar surface area (TPSA) is 37.4 Å².